The van der Waals surface area contributed by atoms with E-state index in [0.29, 0.717) is 17.4 Å². The van der Waals surface area contributed by atoms with Crippen molar-refractivity contribution in [2.24, 2.45) is 17.8 Å². The van der Waals surface area contributed by atoms with E-state index < -0.39 is 5.82 Å². The number of hydrogen-bond donors (Lipinski definition) is 1. The summed E-state index contributed by atoms with van der Waals surface area (Å²) in [7, 11) is 1.67. The highest BCUT2D eigenvalue weighted by Gasteiger charge is 2.45. The molecule has 1 aromatic rings. The third-order valence-electron chi connectivity index (χ3n) is 6.85. The minimum atomic E-state index is -0.418. The fourth-order valence-electron chi connectivity index (χ4n) is 5.17. The predicted octanol–water partition coefficient (Wildman–Crippen LogP) is 3.08. The van der Waals surface area contributed by atoms with Crippen LogP contribution < -0.4 is 5.32 Å². The first-order chi connectivity index (χ1) is 14.0. The van der Waals surface area contributed by atoms with Crippen LogP contribution in [0.5, 0.6) is 0 Å². The molecule has 1 heterocycles. The van der Waals surface area contributed by atoms with Gasteiger partial charge in [0, 0.05) is 31.7 Å². The molecule has 2 fully saturated rings. The van der Waals surface area contributed by atoms with Crippen LogP contribution in [0, 0.1) is 30.5 Å². The minimum absolute atomic E-state index is 0.0971. The quantitative estimate of drug-likeness (QED) is 0.791. The van der Waals surface area contributed by atoms with E-state index >= 15 is 0 Å². The van der Waals surface area contributed by atoms with Gasteiger partial charge in [0.25, 0.3) is 5.91 Å². The van der Waals surface area contributed by atoms with Crippen LogP contribution in [0.4, 0.5) is 4.39 Å². The molecule has 0 bridgehead atoms. The maximum absolute atomic E-state index is 13.6. The Bertz CT molecular complexity index is 816. The molecule has 1 aromatic carbocycles. The van der Waals surface area contributed by atoms with Crippen LogP contribution in [0.2, 0.25) is 0 Å². The summed E-state index contributed by atoms with van der Waals surface area (Å²) in [5.41, 5.74) is 1.10. The molecular weight excluding hydrogens is 371 g/mol. The van der Waals surface area contributed by atoms with E-state index in [4.69, 9.17) is 4.74 Å². The van der Waals surface area contributed by atoms with Crippen LogP contribution in [-0.4, -0.2) is 49.1 Å². The molecular formula is C23H29FN2O3. The van der Waals surface area contributed by atoms with E-state index in [1.54, 1.807) is 20.1 Å². The molecule has 4 rings (SSSR count). The Labute approximate surface area is 171 Å². The molecule has 1 N–H and O–H groups in total. The number of amides is 2. The van der Waals surface area contributed by atoms with Gasteiger partial charge in [-0.2, -0.15) is 0 Å². The Hall–Kier alpha value is -2.21. The maximum Gasteiger partial charge on any atom is 0.251 e. The number of hydrogen-bond acceptors (Lipinski definition) is 3. The summed E-state index contributed by atoms with van der Waals surface area (Å²) in [6.45, 7) is 3.34. The van der Waals surface area contributed by atoms with E-state index in [1.807, 2.05) is 4.90 Å². The molecule has 0 spiro atoms. The van der Waals surface area contributed by atoms with E-state index in [0.717, 1.165) is 44.3 Å². The third-order valence-corrected chi connectivity index (χ3v) is 6.85. The number of aryl methyl sites for hydroxylation is 1. The second-order valence-electron chi connectivity index (χ2n) is 8.69. The van der Waals surface area contributed by atoms with Crippen molar-refractivity contribution in [1.82, 2.24) is 10.2 Å². The molecule has 0 unspecified atom stereocenters. The smallest absolute Gasteiger partial charge is 0.251 e. The fourth-order valence-corrected chi connectivity index (χ4v) is 5.17. The van der Waals surface area contributed by atoms with Crippen molar-refractivity contribution in [2.45, 2.75) is 44.8 Å². The number of carbonyl (C=O) groups is 2. The van der Waals surface area contributed by atoms with Crippen LogP contribution in [0.1, 0.15) is 41.6 Å². The maximum atomic E-state index is 13.6. The van der Waals surface area contributed by atoms with Gasteiger partial charge >= 0.3 is 0 Å². The summed E-state index contributed by atoms with van der Waals surface area (Å²) in [6.07, 6.45) is 7.36. The number of benzene rings is 1. The molecule has 1 saturated carbocycles. The van der Waals surface area contributed by atoms with Crippen LogP contribution >= 0.6 is 0 Å². The molecule has 3 aliphatic rings. The number of nitrogens with zero attached hydrogens (tertiary/aromatic N) is 1. The van der Waals surface area contributed by atoms with Gasteiger partial charge < -0.3 is 15.0 Å². The predicted molar refractivity (Wildman–Crippen MR) is 108 cm³/mol. The zero-order chi connectivity index (χ0) is 20.5. The number of ether oxygens (including phenoxy) is 1. The first-order valence-electron chi connectivity index (χ1n) is 10.5. The highest BCUT2D eigenvalue weighted by molar-refractivity contribution is 5.95. The molecule has 1 aliphatic heterocycles. The molecule has 2 amide bonds. The molecule has 6 heteroatoms. The summed E-state index contributed by atoms with van der Waals surface area (Å²) in [6, 6.07) is 4.12. The molecule has 29 heavy (non-hydrogen) atoms. The highest BCUT2D eigenvalue weighted by Crippen LogP contribution is 2.38. The zero-order valence-corrected chi connectivity index (χ0v) is 17.1. The average Bonchev–Trinajstić information content (AvgIpc) is 3.38. The fraction of sp³-hybridized carbons (Fsp3) is 0.565. The monoisotopic (exact) mass is 400 g/mol. The molecule has 0 radical (unpaired) electrons. The normalized spacial score (nSPS) is 29.1. The van der Waals surface area contributed by atoms with E-state index in [9.17, 15) is 14.0 Å². The first-order valence-corrected chi connectivity index (χ1v) is 10.5. The van der Waals surface area contributed by atoms with Crippen LogP contribution in [0.15, 0.2) is 30.4 Å². The van der Waals surface area contributed by atoms with E-state index in [1.165, 1.54) is 12.1 Å². The molecule has 1 saturated heterocycles. The average molecular weight is 400 g/mol. The van der Waals surface area contributed by atoms with Gasteiger partial charge in [0.05, 0.1) is 12.1 Å². The molecule has 5 nitrogen and oxygen atoms in total. The largest absolute Gasteiger partial charge is 0.379 e. The third kappa shape index (κ3) is 4.08. The number of nitrogens with one attached hydrogen (secondary N) is 1. The Morgan fingerprint density at radius 3 is 2.52 bits per heavy atom. The number of methoxy groups -OCH3 is 1. The summed E-state index contributed by atoms with van der Waals surface area (Å²) in [5.74, 6) is 0.435. The molecule has 4 atom stereocenters. The summed E-state index contributed by atoms with van der Waals surface area (Å²) in [4.78, 5) is 27.6. The summed E-state index contributed by atoms with van der Waals surface area (Å²) >= 11 is 0. The van der Waals surface area contributed by atoms with Gasteiger partial charge in [-0.05, 0) is 62.1 Å². The van der Waals surface area contributed by atoms with Crippen molar-refractivity contribution in [3.8, 4) is 0 Å². The van der Waals surface area contributed by atoms with Crippen LogP contribution in [-0.2, 0) is 9.53 Å². The lowest BCUT2D eigenvalue weighted by Gasteiger charge is -2.37. The van der Waals surface area contributed by atoms with Crippen molar-refractivity contribution in [1.29, 1.82) is 0 Å². The first kappa shape index (κ1) is 20.1. The van der Waals surface area contributed by atoms with Gasteiger partial charge in [-0.1, -0.05) is 18.2 Å². The topological polar surface area (TPSA) is 58.6 Å². The lowest BCUT2D eigenvalue weighted by molar-refractivity contribution is -0.134. The highest BCUT2D eigenvalue weighted by atomic mass is 19.1. The minimum Gasteiger partial charge on any atom is -0.379 e. The number of rotatable bonds is 4. The summed E-state index contributed by atoms with van der Waals surface area (Å²) in [5, 5.41) is 3.07. The van der Waals surface area contributed by atoms with Gasteiger partial charge in [0.2, 0.25) is 5.91 Å². The Morgan fingerprint density at radius 1 is 1.14 bits per heavy atom. The SMILES string of the molecule is CO[C@H]1C[C@@H]2CN(C(=O)C3CC=CC3)C[C@@H]2C[C@@H]1NC(=O)c1cc(F)ccc1C. The number of likely N-dealkylation sites (tertiary alicyclic amines) is 1. The van der Waals surface area contributed by atoms with Crippen molar-refractivity contribution >= 4 is 11.8 Å². The lowest BCUT2D eigenvalue weighted by Crippen LogP contribution is -2.50. The molecule has 0 aromatic heterocycles. The second kappa shape index (κ2) is 8.27. The standard InChI is InChI=1S/C23H29FN2O3/c1-14-7-8-18(24)11-19(14)22(27)25-20-9-16-12-26(13-17(16)10-21(20)29-2)23(28)15-5-3-4-6-15/h3-4,7-8,11,15-17,20-21H,5-6,9-10,12-13H2,1-2H3,(H,25,27)/t16-,17+,20-,21-/m0/s1. The van der Waals surface area contributed by atoms with Gasteiger partial charge in [-0.15, -0.1) is 0 Å². The Kier molecular flexibility index (Phi) is 5.72. The molecule has 2 aliphatic carbocycles. The Morgan fingerprint density at radius 2 is 1.83 bits per heavy atom. The van der Waals surface area contributed by atoms with Crippen molar-refractivity contribution < 1.29 is 18.7 Å². The Balaban J connectivity index is 1.42. The summed E-state index contributed by atoms with van der Waals surface area (Å²) < 4.78 is 19.3. The zero-order valence-electron chi connectivity index (χ0n) is 17.1. The van der Waals surface area contributed by atoms with Crippen LogP contribution in [0.25, 0.3) is 0 Å². The van der Waals surface area contributed by atoms with Crippen LogP contribution in [0.3, 0.4) is 0 Å². The van der Waals surface area contributed by atoms with Crippen molar-refractivity contribution in [3.63, 3.8) is 0 Å². The van der Waals surface area contributed by atoms with E-state index in [-0.39, 0.29) is 29.9 Å². The number of carbonyl (C=O) groups excluding carboxylic acids is 2. The number of halogens is 1. The van der Waals surface area contributed by atoms with Gasteiger partial charge in [0.15, 0.2) is 0 Å². The second-order valence-corrected chi connectivity index (χ2v) is 8.69. The van der Waals surface area contributed by atoms with E-state index in [2.05, 4.69) is 17.5 Å². The van der Waals surface area contributed by atoms with Gasteiger partial charge in [-0.25, -0.2) is 4.39 Å². The molecule has 156 valence electrons. The number of allylic oxidation sites excluding steroid dienone is 2. The van der Waals surface area contributed by atoms with Gasteiger partial charge in [-0.3, -0.25) is 9.59 Å². The van der Waals surface area contributed by atoms with Crippen molar-refractivity contribution in [3.05, 3.63) is 47.3 Å². The van der Waals surface area contributed by atoms with Gasteiger partial charge in [0.1, 0.15) is 5.82 Å². The lowest BCUT2D eigenvalue weighted by atomic mass is 9.77. The number of fused-ring (bicyclic) bond motifs is 1. The van der Waals surface area contributed by atoms with Crippen molar-refractivity contribution in [2.75, 3.05) is 20.2 Å².